The molecule has 2 heterocycles. The molecule has 2 aromatic rings. The van der Waals surface area contributed by atoms with E-state index in [0.29, 0.717) is 12.8 Å². The summed E-state index contributed by atoms with van der Waals surface area (Å²) in [5.74, 6) is 0.0296. The molecule has 0 spiro atoms. The predicted molar refractivity (Wildman–Crippen MR) is 72.3 cm³/mol. The second-order valence-corrected chi connectivity index (χ2v) is 4.56. The Balaban J connectivity index is 1.81. The van der Waals surface area contributed by atoms with Crippen molar-refractivity contribution in [3.8, 4) is 0 Å². The lowest BCUT2D eigenvalue weighted by Crippen LogP contribution is -2.26. The number of pyridine rings is 1. The molecule has 2 rings (SSSR count). The van der Waals surface area contributed by atoms with Crippen LogP contribution in [-0.2, 0) is 18.3 Å². The Hall–Kier alpha value is -2.17. The van der Waals surface area contributed by atoms with Gasteiger partial charge in [-0.2, -0.15) is 5.10 Å². The van der Waals surface area contributed by atoms with Crippen molar-refractivity contribution in [1.29, 1.82) is 0 Å². The van der Waals surface area contributed by atoms with Crippen LogP contribution >= 0.6 is 0 Å². The molecule has 0 fully saturated rings. The van der Waals surface area contributed by atoms with E-state index in [-0.39, 0.29) is 11.9 Å². The van der Waals surface area contributed by atoms with E-state index < -0.39 is 0 Å². The van der Waals surface area contributed by atoms with E-state index in [9.17, 15) is 4.79 Å². The van der Waals surface area contributed by atoms with Gasteiger partial charge in [0.2, 0.25) is 5.91 Å². The van der Waals surface area contributed by atoms with Gasteiger partial charge in [-0.1, -0.05) is 6.07 Å². The molecule has 1 N–H and O–H groups in total. The number of aromatic nitrogens is 3. The van der Waals surface area contributed by atoms with Gasteiger partial charge in [-0.05, 0) is 25.5 Å². The molecule has 19 heavy (non-hydrogen) atoms. The second-order valence-electron chi connectivity index (χ2n) is 4.56. The smallest absolute Gasteiger partial charge is 0.220 e. The Kier molecular flexibility index (Phi) is 4.28. The maximum Gasteiger partial charge on any atom is 0.220 e. The summed E-state index contributed by atoms with van der Waals surface area (Å²) in [6, 6.07) is 5.70. The third-order valence-electron chi connectivity index (χ3n) is 2.94. The summed E-state index contributed by atoms with van der Waals surface area (Å²) in [5.41, 5.74) is 1.94. The molecule has 0 aromatic carbocycles. The lowest BCUT2D eigenvalue weighted by molar-refractivity contribution is -0.121. The quantitative estimate of drug-likeness (QED) is 0.886. The number of nitrogens with zero attached hydrogens (tertiary/aromatic N) is 3. The Morgan fingerprint density at radius 2 is 2.32 bits per heavy atom. The number of rotatable bonds is 5. The van der Waals surface area contributed by atoms with Crippen LogP contribution in [0.2, 0.25) is 0 Å². The van der Waals surface area contributed by atoms with Gasteiger partial charge in [-0.15, -0.1) is 0 Å². The molecular weight excluding hydrogens is 240 g/mol. The highest BCUT2D eigenvalue weighted by Gasteiger charge is 2.11. The first kappa shape index (κ1) is 13.3. The summed E-state index contributed by atoms with van der Waals surface area (Å²) in [7, 11) is 1.86. The van der Waals surface area contributed by atoms with Crippen molar-refractivity contribution in [1.82, 2.24) is 20.1 Å². The van der Waals surface area contributed by atoms with E-state index in [1.165, 1.54) is 0 Å². The highest BCUT2D eigenvalue weighted by molar-refractivity contribution is 5.76. The van der Waals surface area contributed by atoms with Gasteiger partial charge in [0, 0.05) is 37.1 Å². The SMILES string of the molecule is C[C@@H](NC(=O)CCc1ccccn1)c1cnn(C)c1. The van der Waals surface area contributed by atoms with Crippen LogP contribution in [0, 0.1) is 0 Å². The van der Waals surface area contributed by atoms with Crippen LogP contribution in [0.1, 0.15) is 30.6 Å². The van der Waals surface area contributed by atoms with Crippen molar-refractivity contribution < 1.29 is 4.79 Å². The minimum absolute atomic E-state index is 0.0232. The van der Waals surface area contributed by atoms with Gasteiger partial charge in [0.25, 0.3) is 0 Å². The van der Waals surface area contributed by atoms with Crippen molar-refractivity contribution in [2.24, 2.45) is 7.05 Å². The number of aryl methyl sites for hydroxylation is 2. The fraction of sp³-hybridized carbons (Fsp3) is 0.357. The molecule has 0 aliphatic carbocycles. The average molecular weight is 258 g/mol. The summed E-state index contributed by atoms with van der Waals surface area (Å²) in [4.78, 5) is 16.0. The lowest BCUT2D eigenvalue weighted by atomic mass is 10.1. The van der Waals surface area contributed by atoms with Gasteiger partial charge >= 0.3 is 0 Å². The molecule has 2 aromatic heterocycles. The van der Waals surface area contributed by atoms with Crippen LogP contribution in [0.15, 0.2) is 36.8 Å². The zero-order valence-corrected chi connectivity index (χ0v) is 11.2. The van der Waals surface area contributed by atoms with Crippen molar-refractivity contribution >= 4 is 5.91 Å². The van der Waals surface area contributed by atoms with E-state index in [1.54, 1.807) is 17.1 Å². The number of hydrogen-bond acceptors (Lipinski definition) is 3. The molecule has 0 aliphatic heterocycles. The summed E-state index contributed by atoms with van der Waals surface area (Å²) < 4.78 is 1.73. The second kappa shape index (κ2) is 6.13. The third kappa shape index (κ3) is 3.91. The fourth-order valence-electron chi connectivity index (χ4n) is 1.85. The number of nitrogens with one attached hydrogen (secondary N) is 1. The maximum atomic E-state index is 11.8. The molecule has 1 atom stereocenters. The Morgan fingerprint density at radius 1 is 1.47 bits per heavy atom. The molecule has 0 aliphatic rings. The number of carbonyl (C=O) groups excluding carboxylic acids is 1. The van der Waals surface area contributed by atoms with E-state index in [0.717, 1.165) is 11.3 Å². The van der Waals surface area contributed by atoms with E-state index in [1.807, 2.05) is 38.4 Å². The van der Waals surface area contributed by atoms with Gasteiger partial charge < -0.3 is 5.32 Å². The summed E-state index contributed by atoms with van der Waals surface area (Å²) in [6.07, 6.45) is 6.52. The van der Waals surface area contributed by atoms with Crippen LogP contribution in [0.25, 0.3) is 0 Å². The standard InChI is InChI=1S/C14H18N4O/c1-11(12-9-16-18(2)10-12)17-14(19)7-6-13-5-3-4-8-15-13/h3-5,8-11H,6-7H2,1-2H3,(H,17,19)/t11-/m1/s1. The van der Waals surface area contributed by atoms with Gasteiger partial charge in [0.15, 0.2) is 0 Å². The first-order chi connectivity index (χ1) is 9.15. The van der Waals surface area contributed by atoms with E-state index in [4.69, 9.17) is 0 Å². The molecule has 100 valence electrons. The highest BCUT2D eigenvalue weighted by atomic mass is 16.1. The van der Waals surface area contributed by atoms with Crippen LogP contribution < -0.4 is 5.32 Å². The van der Waals surface area contributed by atoms with Crippen LogP contribution in [0.5, 0.6) is 0 Å². The van der Waals surface area contributed by atoms with Gasteiger partial charge in [-0.25, -0.2) is 0 Å². The Bertz CT molecular complexity index is 535. The molecule has 1 amide bonds. The molecule has 0 saturated heterocycles. The van der Waals surface area contributed by atoms with E-state index in [2.05, 4.69) is 15.4 Å². The monoisotopic (exact) mass is 258 g/mol. The molecule has 0 radical (unpaired) electrons. The first-order valence-electron chi connectivity index (χ1n) is 6.33. The fourth-order valence-corrected chi connectivity index (χ4v) is 1.85. The number of carbonyl (C=O) groups is 1. The molecular formula is C14H18N4O. The topological polar surface area (TPSA) is 59.8 Å². The summed E-state index contributed by atoms with van der Waals surface area (Å²) in [6.45, 7) is 1.95. The molecule has 5 nitrogen and oxygen atoms in total. The van der Waals surface area contributed by atoms with Crippen molar-refractivity contribution in [2.75, 3.05) is 0 Å². The van der Waals surface area contributed by atoms with Crippen molar-refractivity contribution in [3.05, 3.63) is 48.0 Å². The van der Waals surface area contributed by atoms with Crippen LogP contribution in [0.3, 0.4) is 0 Å². The molecule has 0 bridgehead atoms. The van der Waals surface area contributed by atoms with Crippen LogP contribution in [0.4, 0.5) is 0 Å². The Labute approximate surface area is 112 Å². The highest BCUT2D eigenvalue weighted by Crippen LogP contribution is 2.10. The first-order valence-corrected chi connectivity index (χ1v) is 6.33. The van der Waals surface area contributed by atoms with E-state index >= 15 is 0 Å². The predicted octanol–water partition coefficient (Wildman–Crippen LogP) is 1.63. The Morgan fingerprint density at radius 3 is 2.95 bits per heavy atom. The van der Waals surface area contributed by atoms with Gasteiger partial charge in [-0.3, -0.25) is 14.5 Å². The third-order valence-corrected chi connectivity index (χ3v) is 2.94. The zero-order chi connectivity index (χ0) is 13.7. The maximum absolute atomic E-state index is 11.8. The van der Waals surface area contributed by atoms with Gasteiger partial charge in [0.1, 0.15) is 0 Å². The lowest BCUT2D eigenvalue weighted by Gasteiger charge is -2.11. The molecule has 0 unspecified atom stereocenters. The summed E-state index contributed by atoms with van der Waals surface area (Å²) >= 11 is 0. The zero-order valence-electron chi connectivity index (χ0n) is 11.2. The normalized spacial score (nSPS) is 12.1. The van der Waals surface area contributed by atoms with Crippen LogP contribution in [-0.4, -0.2) is 20.7 Å². The van der Waals surface area contributed by atoms with Crippen molar-refractivity contribution in [2.45, 2.75) is 25.8 Å². The average Bonchev–Trinajstić information content (AvgIpc) is 2.84. The molecule has 0 saturated carbocycles. The summed E-state index contributed by atoms with van der Waals surface area (Å²) in [5, 5.41) is 7.05. The van der Waals surface area contributed by atoms with Gasteiger partial charge in [0.05, 0.1) is 12.2 Å². The minimum atomic E-state index is -0.0232. The number of amides is 1. The number of hydrogen-bond donors (Lipinski definition) is 1. The largest absolute Gasteiger partial charge is 0.349 e. The minimum Gasteiger partial charge on any atom is -0.349 e. The molecule has 5 heteroatoms. The van der Waals surface area contributed by atoms with Crippen molar-refractivity contribution in [3.63, 3.8) is 0 Å².